The molecule has 0 amide bonds. The average Bonchev–Trinajstić information content (AvgIpc) is 3.00. The van der Waals surface area contributed by atoms with E-state index in [1.807, 2.05) is 0 Å². The molecule has 0 bridgehead atoms. The summed E-state index contributed by atoms with van der Waals surface area (Å²) in [7, 11) is 0. The van der Waals surface area contributed by atoms with Crippen LogP contribution in [-0.2, 0) is 0 Å². The molecule has 2 aliphatic rings. The molecule has 2 N–H and O–H groups in total. The van der Waals surface area contributed by atoms with Gasteiger partial charge in [-0.1, -0.05) is 50.6 Å². The van der Waals surface area contributed by atoms with E-state index in [4.69, 9.17) is 5.73 Å². The van der Waals surface area contributed by atoms with Crippen molar-refractivity contribution in [1.29, 1.82) is 0 Å². The van der Waals surface area contributed by atoms with E-state index in [1.165, 1.54) is 37.9 Å². The van der Waals surface area contributed by atoms with E-state index in [2.05, 4.69) is 49.1 Å². The molecule has 1 aliphatic heterocycles. The number of likely N-dealkylation sites (tertiary alicyclic amines) is 1. The Hall–Kier alpha value is -0.860. The van der Waals surface area contributed by atoms with E-state index >= 15 is 0 Å². The molecule has 0 spiro atoms. The van der Waals surface area contributed by atoms with Crippen LogP contribution >= 0.6 is 0 Å². The van der Waals surface area contributed by atoms with E-state index in [-0.39, 0.29) is 6.04 Å². The van der Waals surface area contributed by atoms with Gasteiger partial charge in [-0.2, -0.15) is 0 Å². The van der Waals surface area contributed by atoms with Crippen molar-refractivity contribution < 1.29 is 0 Å². The molecule has 110 valence electrons. The minimum Gasteiger partial charge on any atom is -0.323 e. The van der Waals surface area contributed by atoms with Gasteiger partial charge < -0.3 is 5.73 Å². The smallest absolute Gasteiger partial charge is 0.0455 e. The van der Waals surface area contributed by atoms with Crippen LogP contribution < -0.4 is 5.73 Å². The monoisotopic (exact) mass is 272 g/mol. The zero-order chi connectivity index (χ0) is 14.1. The Morgan fingerprint density at radius 1 is 1.05 bits per heavy atom. The molecular formula is C18H28N2. The molecule has 1 aromatic carbocycles. The summed E-state index contributed by atoms with van der Waals surface area (Å²) in [5.74, 6) is 2.49. The maximum atomic E-state index is 6.63. The predicted octanol–water partition coefficient (Wildman–Crippen LogP) is 3.44. The third kappa shape index (κ3) is 2.64. The van der Waals surface area contributed by atoms with Crippen LogP contribution in [0.25, 0.3) is 0 Å². The highest BCUT2D eigenvalue weighted by atomic mass is 15.2. The molecule has 20 heavy (non-hydrogen) atoms. The first-order valence-electron chi connectivity index (χ1n) is 8.21. The fourth-order valence-electron chi connectivity index (χ4n) is 4.45. The number of nitrogens with two attached hydrogens (primary N) is 1. The van der Waals surface area contributed by atoms with Crippen LogP contribution in [0.15, 0.2) is 30.3 Å². The minimum atomic E-state index is 0.134. The van der Waals surface area contributed by atoms with Gasteiger partial charge in [0.05, 0.1) is 0 Å². The molecular weight excluding hydrogens is 244 g/mol. The number of fused-ring (bicyclic) bond motifs is 1. The first-order chi connectivity index (χ1) is 9.66. The summed E-state index contributed by atoms with van der Waals surface area (Å²) in [5, 5.41) is 0. The molecule has 0 radical (unpaired) electrons. The second-order valence-corrected chi connectivity index (χ2v) is 7.08. The summed E-state index contributed by atoms with van der Waals surface area (Å²) in [4.78, 5) is 2.69. The molecule has 4 unspecified atom stereocenters. The minimum absolute atomic E-state index is 0.134. The Morgan fingerprint density at radius 3 is 2.20 bits per heavy atom. The summed E-state index contributed by atoms with van der Waals surface area (Å²) < 4.78 is 0. The molecule has 1 saturated carbocycles. The quantitative estimate of drug-likeness (QED) is 0.909. The lowest BCUT2D eigenvalue weighted by Gasteiger charge is -2.36. The van der Waals surface area contributed by atoms with Crippen molar-refractivity contribution in [1.82, 2.24) is 4.90 Å². The molecule has 1 aromatic rings. The summed E-state index contributed by atoms with van der Waals surface area (Å²) in [5.41, 5.74) is 7.91. The van der Waals surface area contributed by atoms with E-state index in [9.17, 15) is 0 Å². The van der Waals surface area contributed by atoms with Gasteiger partial charge in [-0.3, -0.25) is 4.90 Å². The zero-order valence-electron chi connectivity index (χ0n) is 12.8. The highest BCUT2D eigenvalue weighted by Crippen LogP contribution is 2.40. The van der Waals surface area contributed by atoms with Crippen LogP contribution in [0, 0.1) is 17.8 Å². The summed E-state index contributed by atoms with van der Waals surface area (Å²) in [6.07, 6.45) is 4.32. The molecule has 0 aromatic heterocycles. The molecule has 2 heteroatoms. The largest absolute Gasteiger partial charge is 0.323 e. The van der Waals surface area contributed by atoms with Crippen molar-refractivity contribution in [2.75, 3.05) is 13.1 Å². The van der Waals surface area contributed by atoms with Crippen LogP contribution in [0.3, 0.4) is 0 Å². The summed E-state index contributed by atoms with van der Waals surface area (Å²) in [6, 6.07) is 11.2. The maximum absolute atomic E-state index is 6.63. The average molecular weight is 272 g/mol. The Bertz CT molecular complexity index is 416. The van der Waals surface area contributed by atoms with Crippen LogP contribution in [0.2, 0.25) is 0 Å². The summed E-state index contributed by atoms with van der Waals surface area (Å²) in [6.45, 7) is 7.19. The second-order valence-electron chi connectivity index (χ2n) is 7.08. The number of nitrogens with zero attached hydrogens (tertiary/aromatic N) is 1. The van der Waals surface area contributed by atoms with Gasteiger partial charge in [0.25, 0.3) is 0 Å². The van der Waals surface area contributed by atoms with Crippen molar-refractivity contribution in [3.63, 3.8) is 0 Å². The SMILES string of the molecule is CC(C)C(C(N)c1ccccc1)N1CC2CCCC2C1. The van der Waals surface area contributed by atoms with Gasteiger partial charge in [0, 0.05) is 25.2 Å². The normalized spacial score (nSPS) is 29.6. The topological polar surface area (TPSA) is 29.3 Å². The Morgan fingerprint density at radius 2 is 1.65 bits per heavy atom. The van der Waals surface area contributed by atoms with Crippen LogP contribution in [0.5, 0.6) is 0 Å². The highest BCUT2D eigenvalue weighted by molar-refractivity contribution is 5.20. The molecule has 1 saturated heterocycles. The van der Waals surface area contributed by atoms with Crippen molar-refractivity contribution >= 4 is 0 Å². The fourth-order valence-corrected chi connectivity index (χ4v) is 4.45. The maximum Gasteiger partial charge on any atom is 0.0455 e. The van der Waals surface area contributed by atoms with Crippen molar-refractivity contribution in [3.8, 4) is 0 Å². The van der Waals surface area contributed by atoms with Gasteiger partial charge in [-0.05, 0) is 36.2 Å². The first-order valence-corrected chi connectivity index (χ1v) is 8.21. The van der Waals surface area contributed by atoms with Crippen molar-refractivity contribution in [2.24, 2.45) is 23.5 Å². The van der Waals surface area contributed by atoms with E-state index in [1.54, 1.807) is 0 Å². The standard InChI is InChI=1S/C18H28N2/c1-13(2)18(17(19)14-7-4-3-5-8-14)20-11-15-9-6-10-16(15)12-20/h3-5,7-8,13,15-18H,6,9-12,19H2,1-2H3. The summed E-state index contributed by atoms with van der Waals surface area (Å²) >= 11 is 0. The number of hydrogen-bond donors (Lipinski definition) is 1. The first kappa shape index (κ1) is 14.1. The molecule has 3 rings (SSSR count). The van der Waals surface area contributed by atoms with Crippen molar-refractivity contribution in [3.05, 3.63) is 35.9 Å². The lowest BCUT2D eigenvalue weighted by molar-refractivity contribution is 0.150. The number of hydrogen-bond acceptors (Lipinski definition) is 2. The van der Waals surface area contributed by atoms with Crippen LogP contribution in [0.4, 0.5) is 0 Å². The van der Waals surface area contributed by atoms with Gasteiger partial charge in [-0.25, -0.2) is 0 Å². The zero-order valence-corrected chi connectivity index (χ0v) is 12.8. The van der Waals surface area contributed by atoms with E-state index in [0.29, 0.717) is 12.0 Å². The Labute approximate surface area is 123 Å². The van der Waals surface area contributed by atoms with E-state index < -0.39 is 0 Å². The molecule has 1 heterocycles. The van der Waals surface area contributed by atoms with Gasteiger partial charge in [0.1, 0.15) is 0 Å². The van der Waals surface area contributed by atoms with Gasteiger partial charge in [-0.15, -0.1) is 0 Å². The van der Waals surface area contributed by atoms with Crippen LogP contribution in [-0.4, -0.2) is 24.0 Å². The fraction of sp³-hybridized carbons (Fsp3) is 0.667. The lowest BCUT2D eigenvalue weighted by atomic mass is 9.90. The van der Waals surface area contributed by atoms with Crippen LogP contribution in [0.1, 0.15) is 44.7 Å². The number of rotatable bonds is 4. The second kappa shape index (κ2) is 5.87. The highest BCUT2D eigenvalue weighted by Gasteiger charge is 2.41. The molecule has 2 nitrogen and oxygen atoms in total. The molecule has 1 aliphatic carbocycles. The Kier molecular flexibility index (Phi) is 4.13. The predicted molar refractivity (Wildman–Crippen MR) is 84.4 cm³/mol. The third-order valence-corrected chi connectivity index (χ3v) is 5.41. The van der Waals surface area contributed by atoms with Gasteiger partial charge >= 0.3 is 0 Å². The Balaban J connectivity index is 1.76. The lowest BCUT2D eigenvalue weighted by Crippen LogP contribution is -2.45. The molecule has 4 atom stereocenters. The third-order valence-electron chi connectivity index (χ3n) is 5.41. The van der Waals surface area contributed by atoms with Gasteiger partial charge in [0.2, 0.25) is 0 Å². The van der Waals surface area contributed by atoms with Crippen molar-refractivity contribution in [2.45, 2.75) is 45.2 Å². The van der Waals surface area contributed by atoms with E-state index in [0.717, 1.165) is 11.8 Å². The van der Waals surface area contributed by atoms with Gasteiger partial charge in [0.15, 0.2) is 0 Å². The number of benzene rings is 1. The molecule has 2 fully saturated rings.